The van der Waals surface area contributed by atoms with E-state index in [4.69, 9.17) is 4.42 Å². The monoisotopic (exact) mass is 346 g/mol. The molecule has 0 radical (unpaired) electrons. The first-order chi connectivity index (χ1) is 11.8. The van der Waals surface area contributed by atoms with Crippen LogP contribution in [0.2, 0.25) is 0 Å². The van der Waals surface area contributed by atoms with Gasteiger partial charge in [-0.15, -0.1) is 0 Å². The lowest BCUT2D eigenvalue weighted by Crippen LogP contribution is -2.44. The highest BCUT2D eigenvalue weighted by molar-refractivity contribution is 5.96. The molecule has 2 aliphatic heterocycles. The van der Waals surface area contributed by atoms with Gasteiger partial charge in [0.15, 0.2) is 0 Å². The molecule has 0 unspecified atom stereocenters. The number of piperidine rings is 1. The largest absolute Gasteiger partial charge is 0.427 e. The zero-order valence-corrected chi connectivity index (χ0v) is 15.3. The maximum Gasteiger partial charge on any atom is 0.336 e. The van der Waals surface area contributed by atoms with Crippen LogP contribution >= 0.6 is 0 Å². The molecule has 2 fully saturated rings. The van der Waals surface area contributed by atoms with Gasteiger partial charge in [-0.3, -0.25) is 9.59 Å². The molecular formula is C19H26N2O4. The van der Waals surface area contributed by atoms with Crippen LogP contribution in [0.4, 0.5) is 0 Å². The standard InChI is InChI=1S/C19H26N2O4/c1-13-12-16(23)25-14(2)17(13)18(24)21-10-7-19(8-11-21)5-4-15(22)20(3)9-6-19/h12H,4-11H2,1-3H3. The second kappa shape index (κ2) is 6.65. The third-order valence-electron chi connectivity index (χ3n) is 5.93. The number of hydrogen-bond acceptors (Lipinski definition) is 4. The molecule has 1 aromatic heterocycles. The maximum atomic E-state index is 12.9. The van der Waals surface area contributed by atoms with Crippen LogP contribution in [0.15, 0.2) is 15.3 Å². The van der Waals surface area contributed by atoms with Gasteiger partial charge in [-0.2, -0.15) is 0 Å². The number of amides is 2. The lowest BCUT2D eigenvalue weighted by atomic mass is 9.73. The molecule has 2 aliphatic rings. The van der Waals surface area contributed by atoms with Gasteiger partial charge < -0.3 is 14.2 Å². The molecule has 0 atom stereocenters. The quantitative estimate of drug-likeness (QED) is 0.781. The molecule has 0 bridgehead atoms. The Kier molecular flexibility index (Phi) is 4.71. The second-order valence-corrected chi connectivity index (χ2v) is 7.54. The molecule has 3 rings (SSSR count). The van der Waals surface area contributed by atoms with E-state index in [1.165, 1.54) is 6.07 Å². The summed E-state index contributed by atoms with van der Waals surface area (Å²) in [5, 5.41) is 0. The Hall–Kier alpha value is -2.11. The summed E-state index contributed by atoms with van der Waals surface area (Å²) < 4.78 is 5.10. The Bertz CT molecular complexity index is 718. The first-order valence-corrected chi connectivity index (χ1v) is 8.96. The lowest BCUT2D eigenvalue weighted by molar-refractivity contribution is -0.129. The topological polar surface area (TPSA) is 70.8 Å². The zero-order chi connectivity index (χ0) is 18.2. The van der Waals surface area contributed by atoms with E-state index in [2.05, 4.69) is 0 Å². The molecule has 6 heteroatoms. The number of carbonyl (C=O) groups is 2. The first-order valence-electron chi connectivity index (χ1n) is 8.96. The number of rotatable bonds is 1. The Balaban J connectivity index is 1.71. The summed E-state index contributed by atoms with van der Waals surface area (Å²) >= 11 is 0. The highest BCUT2D eigenvalue weighted by atomic mass is 16.4. The number of carbonyl (C=O) groups excluding carboxylic acids is 2. The van der Waals surface area contributed by atoms with Gasteiger partial charge in [0, 0.05) is 39.2 Å². The fraction of sp³-hybridized carbons (Fsp3) is 0.632. The fourth-order valence-corrected chi connectivity index (χ4v) is 4.14. The Morgan fingerprint density at radius 2 is 1.72 bits per heavy atom. The van der Waals surface area contributed by atoms with Crippen molar-refractivity contribution < 1.29 is 14.0 Å². The molecule has 6 nitrogen and oxygen atoms in total. The Labute approximate surface area is 147 Å². The van der Waals surface area contributed by atoms with Crippen molar-refractivity contribution in [1.82, 2.24) is 9.80 Å². The van der Waals surface area contributed by atoms with Crippen LogP contribution in [-0.4, -0.2) is 48.3 Å². The summed E-state index contributed by atoms with van der Waals surface area (Å²) in [6.45, 7) is 5.62. The van der Waals surface area contributed by atoms with Crippen LogP contribution in [0.5, 0.6) is 0 Å². The normalized spacial score (nSPS) is 20.7. The average molecular weight is 346 g/mol. The summed E-state index contributed by atoms with van der Waals surface area (Å²) in [6, 6.07) is 1.37. The number of hydrogen-bond donors (Lipinski definition) is 0. The van der Waals surface area contributed by atoms with Crippen LogP contribution in [0, 0.1) is 19.3 Å². The third-order valence-corrected chi connectivity index (χ3v) is 5.93. The van der Waals surface area contributed by atoms with Gasteiger partial charge in [0.2, 0.25) is 5.91 Å². The van der Waals surface area contributed by atoms with Crippen LogP contribution in [-0.2, 0) is 4.79 Å². The van der Waals surface area contributed by atoms with E-state index in [1.807, 2.05) is 16.8 Å². The van der Waals surface area contributed by atoms with Gasteiger partial charge in [0.05, 0.1) is 5.56 Å². The van der Waals surface area contributed by atoms with Crippen LogP contribution in [0.3, 0.4) is 0 Å². The van der Waals surface area contributed by atoms with Crippen molar-refractivity contribution in [2.75, 3.05) is 26.7 Å². The Morgan fingerprint density at radius 1 is 1.08 bits per heavy atom. The molecule has 2 saturated heterocycles. The summed E-state index contributed by atoms with van der Waals surface area (Å²) in [4.78, 5) is 39.9. The SMILES string of the molecule is Cc1cc(=O)oc(C)c1C(=O)N1CCC2(CCC(=O)N(C)CC2)CC1. The van der Waals surface area contributed by atoms with Gasteiger partial charge in [-0.05, 0) is 50.5 Å². The molecule has 1 aromatic rings. The fourth-order valence-electron chi connectivity index (χ4n) is 4.14. The van der Waals surface area contributed by atoms with E-state index >= 15 is 0 Å². The molecular weight excluding hydrogens is 320 g/mol. The Morgan fingerprint density at radius 3 is 2.36 bits per heavy atom. The minimum absolute atomic E-state index is 0.0598. The van der Waals surface area contributed by atoms with Gasteiger partial charge >= 0.3 is 5.63 Å². The van der Waals surface area contributed by atoms with Crippen molar-refractivity contribution in [3.8, 4) is 0 Å². The van der Waals surface area contributed by atoms with Crippen molar-refractivity contribution in [3.05, 3.63) is 33.4 Å². The van der Waals surface area contributed by atoms with Crippen molar-refractivity contribution in [2.45, 2.75) is 46.0 Å². The van der Waals surface area contributed by atoms with E-state index in [0.29, 0.717) is 36.4 Å². The molecule has 0 aromatic carbocycles. The van der Waals surface area contributed by atoms with Crippen molar-refractivity contribution in [2.24, 2.45) is 5.41 Å². The molecule has 2 amide bonds. The second-order valence-electron chi connectivity index (χ2n) is 7.54. The van der Waals surface area contributed by atoms with E-state index in [1.54, 1.807) is 13.8 Å². The summed E-state index contributed by atoms with van der Waals surface area (Å²) in [6.07, 6.45) is 4.38. The molecule has 25 heavy (non-hydrogen) atoms. The van der Waals surface area contributed by atoms with Crippen molar-refractivity contribution in [1.29, 1.82) is 0 Å². The number of aryl methyl sites for hydroxylation is 2. The average Bonchev–Trinajstić information content (AvgIpc) is 2.69. The summed E-state index contributed by atoms with van der Waals surface area (Å²) in [5.74, 6) is 0.549. The number of nitrogens with zero attached hydrogens (tertiary/aromatic N) is 2. The van der Waals surface area contributed by atoms with E-state index < -0.39 is 5.63 Å². The minimum atomic E-state index is -0.420. The van der Waals surface area contributed by atoms with Crippen molar-refractivity contribution >= 4 is 11.8 Å². The molecule has 0 saturated carbocycles. The first kappa shape index (κ1) is 17.7. The van der Waals surface area contributed by atoms with E-state index in [-0.39, 0.29) is 17.2 Å². The zero-order valence-electron chi connectivity index (χ0n) is 15.3. The van der Waals surface area contributed by atoms with E-state index in [9.17, 15) is 14.4 Å². The molecule has 0 N–H and O–H groups in total. The molecule has 1 spiro atoms. The summed E-state index contributed by atoms with van der Waals surface area (Å²) in [7, 11) is 1.87. The summed E-state index contributed by atoms with van der Waals surface area (Å²) in [5.41, 5.74) is 0.924. The number of likely N-dealkylation sites (tertiary alicyclic amines) is 2. The molecule has 0 aliphatic carbocycles. The smallest absolute Gasteiger partial charge is 0.336 e. The third kappa shape index (κ3) is 3.48. The van der Waals surface area contributed by atoms with Crippen LogP contribution < -0.4 is 5.63 Å². The van der Waals surface area contributed by atoms with Gasteiger partial charge in [0.1, 0.15) is 5.76 Å². The lowest BCUT2D eigenvalue weighted by Gasteiger charge is -2.41. The maximum absolute atomic E-state index is 12.9. The minimum Gasteiger partial charge on any atom is -0.427 e. The molecule has 136 valence electrons. The predicted molar refractivity (Wildman–Crippen MR) is 93.5 cm³/mol. The van der Waals surface area contributed by atoms with Crippen LogP contribution in [0.25, 0.3) is 0 Å². The van der Waals surface area contributed by atoms with Gasteiger partial charge in [-0.25, -0.2) is 4.79 Å². The van der Waals surface area contributed by atoms with Gasteiger partial charge in [-0.1, -0.05) is 0 Å². The van der Waals surface area contributed by atoms with Crippen molar-refractivity contribution in [3.63, 3.8) is 0 Å². The predicted octanol–water partition coefficient (Wildman–Crippen LogP) is 2.12. The van der Waals surface area contributed by atoms with Gasteiger partial charge in [0.25, 0.3) is 5.91 Å². The highest BCUT2D eigenvalue weighted by Gasteiger charge is 2.38. The van der Waals surface area contributed by atoms with E-state index in [0.717, 1.165) is 32.2 Å². The molecule has 3 heterocycles. The highest BCUT2D eigenvalue weighted by Crippen LogP contribution is 2.41. The van der Waals surface area contributed by atoms with Crippen LogP contribution in [0.1, 0.15) is 53.8 Å².